The topological polar surface area (TPSA) is 12.5 Å². The zero-order chi connectivity index (χ0) is 12.6. The molecule has 2 nitrogen and oxygen atoms in total. The first kappa shape index (κ1) is 13.4. The quantitative estimate of drug-likeness (QED) is 0.729. The van der Waals surface area contributed by atoms with Crippen molar-refractivity contribution in [2.75, 3.05) is 6.61 Å². The van der Waals surface area contributed by atoms with Gasteiger partial charge in [0.2, 0.25) is 0 Å². The van der Waals surface area contributed by atoms with E-state index in [-0.39, 0.29) is 5.72 Å². The molecule has 0 amide bonds. The second-order valence-corrected chi connectivity index (χ2v) is 6.57. The van der Waals surface area contributed by atoms with Gasteiger partial charge < -0.3 is 4.74 Å². The lowest BCUT2D eigenvalue weighted by molar-refractivity contribution is -0.240. The van der Waals surface area contributed by atoms with E-state index in [0.29, 0.717) is 18.0 Å². The molecule has 100 valence electrons. The fourth-order valence-electron chi connectivity index (χ4n) is 4.28. The van der Waals surface area contributed by atoms with Crippen molar-refractivity contribution in [2.45, 2.75) is 78.1 Å². The highest BCUT2D eigenvalue weighted by Crippen LogP contribution is 2.48. The van der Waals surface area contributed by atoms with E-state index in [1.54, 1.807) is 0 Å². The maximum atomic E-state index is 6.37. The van der Waals surface area contributed by atoms with Gasteiger partial charge in [-0.2, -0.15) is 0 Å². The molecular weight excluding hydrogens is 210 g/mol. The molecule has 1 saturated carbocycles. The molecule has 2 heteroatoms. The van der Waals surface area contributed by atoms with Crippen LogP contribution in [-0.4, -0.2) is 29.3 Å². The van der Waals surface area contributed by atoms with Crippen molar-refractivity contribution >= 4 is 0 Å². The molecule has 0 radical (unpaired) electrons. The van der Waals surface area contributed by atoms with Crippen LogP contribution in [0.5, 0.6) is 0 Å². The Bertz CT molecular complexity index is 264. The predicted molar refractivity (Wildman–Crippen MR) is 71.9 cm³/mol. The second-order valence-electron chi connectivity index (χ2n) is 6.57. The molecule has 2 aliphatic rings. The fourth-order valence-corrected chi connectivity index (χ4v) is 4.28. The van der Waals surface area contributed by atoms with Gasteiger partial charge in [-0.05, 0) is 52.4 Å². The van der Waals surface area contributed by atoms with Gasteiger partial charge in [-0.3, -0.25) is 4.90 Å². The van der Waals surface area contributed by atoms with Gasteiger partial charge in [0.25, 0.3) is 0 Å². The Hall–Kier alpha value is -0.0800. The number of nitrogens with zero attached hydrogens (tertiary/aromatic N) is 1. The lowest BCUT2D eigenvalue weighted by Gasteiger charge is -2.54. The monoisotopic (exact) mass is 239 g/mol. The first-order chi connectivity index (χ1) is 7.99. The molecule has 0 aromatic carbocycles. The smallest absolute Gasteiger partial charge is 0.125 e. The lowest BCUT2D eigenvalue weighted by Crippen LogP contribution is -2.63. The Balaban J connectivity index is 2.31. The molecule has 0 aromatic rings. The van der Waals surface area contributed by atoms with E-state index in [4.69, 9.17) is 4.74 Å². The van der Waals surface area contributed by atoms with Crippen LogP contribution >= 0.6 is 0 Å². The van der Waals surface area contributed by atoms with Crippen molar-refractivity contribution in [1.82, 2.24) is 4.90 Å². The van der Waals surface area contributed by atoms with Gasteiger partial charge in [-0.25, -0.2) is 0 Å². The molecule has 0 unspecified atom stereocenters. The summed E-state index contributed by atoms with van der Waals surface area (Å²) in [4.78, 5) is 2.67. The fraction of sp³-hybridized carbons (Fsp3) is 1.00. The zero-order valence-corrected chi connectivity index (χ0v) is 12.2. The molecule has 1 spiro atoms. The van der Waals surface area contributed by atoms with Crippen LogP contribution in [0.1, 0.15) is 60.3 Å². The summed E-state index contributed by atoms with van der Waals surface area (Å²) in [6, 6.07) is 1.26. The van der Waals surface area contributed by atoms with E-state index >= 15 is 0 Å². The molecule has 0 bridgehead atoms. The largest absolute Gasteiger partial charge is 0.360 e. The van der Waals surface area contributed by atoms with Crippen LogP contribution in [0, 0.1) is 11.8 Å². The molecular formula is C15H29NO. The Labute approximate surface area is 107 Å². The van der Waals surface area contributed by atoms with Gasteiger partial charge in [0.05, 0.1) is 6.61 Å². The van der Waals surface area contributed by atoms with Crippen molar-refractivity contribution in [1.29, 1.82) is 0 Å². The number of ether oxygens (including phenoxy) is 1. The van der Waals surface area contributed by atoms with E-state index in [0.717, 1.165) is 12.5 Å². The van der Waals surface area contributed by atoms with Crippen molar-refractivity contribution in [3.8, 4) is 0 Å². The number of hydrogen-bond donors (Lipinski definition) is 0. The van der Waals surface area contributed by atoms with E-state index in [1.165, 1.54) is 25.7 Å². The minimum atomic E-state index is 0.0556. The second kappa shape index (κ2) is 4.89. The molecule has 17 heavy (non-hydrogen) atoms. The summed E-state index contributed by atoms with van der Waals surface area (Å²) in [5, 5.41) is 0. The SMILES string of the molecule is CC(C)[C@@H]1CCC[C@@]12OCC[C@H](C)N2C(C)C. The Kier molecular flexibility index (Phi) is 3.84. The van der Waals surface area contributed by atoms with Crippen LogP contribution in [0.3, 0.4) is 0 Å². The van der Waals surface area contributed by atoms with Crippen LogP contribution in [0.15, 0.2) is 0 Å². The van der Waals surface area contributed by atoms with Gasteiger partial charge in [0.1, 0.15) is 5.72 Å². The van der Waals surface area contributed by atoms with Gasteiger partial charge in [0, 0.05) is 18.0 Å². The maximum Gasteiger partial charge on any atom is 0.125 e. The van der Waals surface area contributed by atoms with Crippen molar-refractivity contribution < 1.29 is 4.74 Å². The van der Waals surface area contributed by atoms with Gasteiger partial charge in [0.15, 0.2) is 0 Å². The molecule has 1 aliphatic carbocycles. The van der Waals surface area contributed by atoms with Crippen LogP contribution in [0.2, 0.25) is 0 Å². The summed E-state index contributed by atoms with van der Waals surface area (Å²) >= 11 is 0. The summed E-state index contributed by atoms with van der Waals surface area (Å²) in [6.07, 6.45) is 5.09. The third-order valence-corrected chi connectivity index (χ3v) is 4.79. The Morgan fingerprint density at radius 2 is 1.88 bits per heavy atom. The summed E-state index contributed by atoms with van der Waals surface area (Å²) in [6.45, 7) is 12.7. The summed E-state index contributed by atoms with van der Waals surface area (Å²) < 4.78 is 6.37. The molecule has 1 heterocycles. The molecule has 0 N–H and O–H groups in total. The standard InChI is InChI=1S/C15H29NO/c1-11(2)14-7-6-9-15(14)16(12(3)4)13(5)8-10-17-15/h11-14H,6-10H2,1-5H3/t13-,14-,15+/m0/s1. The zero-order valence-electron chi connectivity index (χ0n) is 12.2. The van der Waals surface area contributed by atoms with E-state index in [9.17, 15) is 0 Å². The third kappa shape index (κ3) is 2.15. The average molecular weight is 239 g/mol. The van der Waals surface area contributed by atoms with E-state index in [1.807, 2.05) is 0 Å². The summed E-state index contributed by atoms with van der Waals surface area (Å²) in [5.41, 5.74) is 0.0556. The van der Waals surface area contributed by atoms with E-state index in [2.05, 4.69) is 39.5 Å². The minimum absolute atomic E-state index is 0.0556. The minimum Gasteiger partial charge on any atom is -0.360 e. The van der Waals surface area contributed by atoms with Crippen LogP contribution in [-0.2, 0) is 4.74 Å². The van der Waals surface area contributed by atoms with Crippen molar-refractivity contribution in [2.24, 2.45) is 11.8 Å². The molecule has 1 saturated heterocycles. The van der Waals surface area contributed by atoms with Gasteiger partial charge in [-0.1, -0.05) is 13.8 Å². The molecule has 0 aromatic heterocycles. The predicted octanol–water partition coefficient (Wildman–Crippen LogP) is 3.66. The molecule has 3 atom stereocenters. The highest BCUT2D eigenvalue weighted by Gasteiger charge is 2.53. The molecule has 2 rings (SSSR count). The Morgan fingerprint density at radius 3 is 2.47 bits per heavy atom. The first-order valence-electron chi connectivity index (χ1n) is 7.41. The van der Waals surface area contributed by atoms with Crippen LogP contribution < -0.4 is 0 Å². The summed E-state index contributed by atoms with van der Waals surface area (Å²) in [7, 11) is 0. The number of hydrogen-bond acceptors (Lipinski definition) is 2. The highest BCUT2D eigenvalue weighted by atomic mass is 16.5. The Morgan fingerprint density at radius 1 is 1.18 bits per heavy atom. The molecule has 2 fully saturated rings. The average Bonchev–Trinajstić information content (AvgIpc) is 2.61. The highest BCUT2D eigenvalue weighted by molar-refractivity contribution is 5.00. The maximum absolute atomic E-state index is 6.37. The number of rotatable bonds is 2. The van der Waals surface area contributed by atoms with Gasteiger partial charge in [-0.15, -0.1) is 0 Å². The van der Waals surface area contributed by atoms with Gasteiger partial charge >= 0.3 is 0 Å². The van der Waals surface area contributed by atoms with Crippen molar-refractivity contribution in [3.05, 3.63) is 0 Å². The normalized spacial score (nSPS) is 39.7. The lowest BCUT2D eigenvalue weighted by atomic mass is 9.84. The van der Waals surface area contributed by atoms with Crippen molar-refractivity contribution in [3.63, 3.8) is 0 Å². The van der Waals surface area contributed by atoms with Crippen LogP contribution in [0.4, 0.5) is 0 Å². The van der Waals surface area contributed by atoms with E-state index < -0.39 is 0 Å². The first-order valence-corrected chi connectivity index (χ1v) is 7.41. The van der Waals surface area contributed by atoms with Crippen LogP contribution in [0.25, 0.3) is 0 Å². The summed E-state index contributed by atoms with van der Waals surface area (Å²) in [5.74, 6) is 1.44. The molecule has 1 aliphatic heterocycles. The third-order valence-electron chi connectivity index (χ3n) is 4.79.